The number of nitrogens with one attached hydrogen (secondary N) is 1. The Kier molecular flexibility index (Phi) is 2.88. The van der Waals surface area contributed by atoms with Crippen LogP contribution >= 0.6 is 0 Å². The number of nitrogens with zero attached hydrogens (tertiary/aromatic N) is 1. The minimum absolute atomic E-state index is 0.865. The van der Waals surface area contributed by atoms with E-state index >= 15 is 0 Å². The first kappa shape index (κ1) is 9.99. The van der Waals surface area contributed by atoms with Crippen molar-refractivity contribution in [2.45, 2.75) is 13.1 Å². The Balaban J connectivity index is 2.56. The van der Waals surface area contributed by atoms with Gasteiger partial charge in [-0.3, -0.25) is 0 Å². The summed E-state index contributed by atoms with van der Waals surface area (Å²) < 4.78 is 2.23. The van der Waals surface area contributed by atoms with Gasteiger partial charge < -0.3 is 9.88 Å². The highest BCUT2D eigenvalue weighted by Crippen LogP contribution is 2.21. The highest BCUT2D eigenvalue weighted by atomic mass is 15.0. The average molecular weight is 200 g/mol. The third kappa shape index (κ3) is 1.81. The van der Waals surface area contributed by atoms with Gasteiger partial charge in [-0.25, -0.2) is 0 Å². The first-order valence-electron chi connectivity index (χ1n) is 5.19. The van der Waals surface area contributed by atoms with Crippen LogP contribution in [0.2, 0.25) is 0 Å². The molecule has 78 valence electrons. The molecule has 0 fully saturated rings. The third-order valence-corrected chi connectivity index (χ3v) is 2.56. The number of hydrogen-bond acceptors (Lipinski definition) is 1. The zero-order valence-corrected chi connectivity index (χ0v) is 9.03. The van der Waals surface area contributed by atoms with Gasteiger partial charge in [0.2, 0.25) is 0 Å². The van der Waals surface area contributed by atoms with Gasteiger partial charge in [0.25, 0.3) is 0 Å². The van der Waals surface area contributed by atoms with Crippen LogP contribution in [0.1, 0.15) is 5.56 Å². The molecule has 1 N–H and O–H groups in total. The van der Waals surface area contributed by atoms with E-state index in [9.17, 15) is 0 Å². The molecule has 0 radical (unpaired) electrons. The Morgan fingerprint density at radius 3 is 2.93 bits per heavy atom. The Bertz CT molecular complexity index is 468. The molecule has 0 amide bonds. The molecule has 1 aromatic heterocycles. The number of allylic oxidation sites excluding steroid dienone is 1. The molecule has 0 saturated heterocycles. The lowest BCUT2D eigenvalue weighted by Crippen LogP contribution is -2.04. The second-order valence-electron chi connectivity index (χ2n) is 3.64. The standard InChI is InChI=1S/C13H16N2/c1-3-8-15-10-11(9-14-2)12-6-4-5-7-13(12)15/h3-7,10,14H,1,8-9H2,2H3. The predicted octanol–water partition coefficient (Wildman–Crippen LogP) is 2.55. The summed E-state index contributed by atoms with van der Waals surface area (Å²) in [6.07, 6.45) is 4.12. The first-order chi connectivity index (χ1) is 7.36. The van der Waals surface area contributed by atoms with Crippen LogP contribution in [-0.2, 0) is 13.1 Å². The number of hydrogen-bond donors (Lipinski definition) is 1. The van der Waals surface area contributed by atoms with Crippen molar-refractivity contribution in [1.82, 2.24) is 9.88 Å². The number of benzene rings is 1. The van der Waals surface area contributed by atoms with E-state index in [0.29, 0.717) is 0 Å². The summed E-state index contributed by atoms with van der Waals surface area (Å²) in [6.45, 7) is 5.55. The van der Waals surface area contributed by atoms with E-state index in [2.05, 4.69) is 46.9 Å². The average Bonchev–Trinajstić information content (AvgIpc) is 2.59. The van der Waals surface area contributed by atoms with Crippen LogP contribution in [0.4, 0.5) is 0 Å². The molecule has 0 spiro atoms. The molecule has 0 aliphatic carbocycles. The maximum Gasteiger partial charge on any atom is 0.0486 e. The Hall–Kier alpha value is -1.54. The van der Waals surface area contributed by atoms with Crippen molar-refractivity contribution >= 4 is 10.9 Å². The summed E-state index contributed by atoms with van der Waals surface area (Å²) in [4.78, 5) is 0. The fraction of sp³-hybridized carbons (Fsp3) is 0.231. The normalized spacial score (nSPS) is 10.7. The Morgan fingerprint density at radius 2 is 2.20 bits per heavy atom. The van der Waals surface area contributed by atoms with Crippen LogP contribution in [0, 0.1) is 0 Å². The molecule has 2 aromatic rings. The molecule has 15 heavy (non-hydrogen) atoms. The largest absolute Gasteiger partial charge is 0.343 e. The summed E-state index contributed by atoms with van der Waals surface area (Å²) >= 11 is 0. The SMILES string of the molecule is C=CCn1cc(CNC)c2ccccc21. The van der Waals surface area contributed by atoms with Crippen LogP contribution in [0.25, 0.3) is 10.9 Å². The molecule has 0 atom stereocenters. The quantitative estimate of drug-likeness (QED) is 0.750. The van der Waals surface area contributed by atoms with Crippen LogP contribution in [0.15, 0.2) is 43.1 Å². The van der Waals surface area contributed by atoms with E-state index in [-0.39, 0.29) is 0 Å². The van der Waals surface area contributed by atoms with Crippen molar-refractivity contribution < 1.29 is 0 Å². The molecule has 2 heteroatoms. The number of para-hydroxylation sites is 1. The van der Waals surface area contributed by atoms with E-state index in [1.807, 2.05) is 13.1 Å². The van der Waals surface area contributed by atoms with Gasteiger partial charge in [-0.15, -0.1) is 6.58 Å². The van der Waals surface area contributed by atoms with Gasteiger partial charge in [-0.05, 0) is 18.7 Å². The summed E-state index contributed by atoms with van der Waals surface area (Å²) in [5, 5.41) is 4.52. The van der Waals surface area contributed by atoms with E-state index in [4.69, 9.17) is 0 Å². The Morgan fingerprint density at radius 1 is 1.40 bits per heavy atom. The molecule has 0 unspecified atom stereocenters. The first-order valence-corrected chi connectivity index (χ1v) is 5.19. The van der Waals surface area contributed by atoms with E-state index in [1.165, 1.54) is 16.5 Å². The van der Waals surface area contributed by atoms with Crippen molar-refractivity contribution in [3.05, 3.63) is 48.7 Å². The Labute approximate surface area is 90.2 Å². The minimum Gasteiger partial charge on any atom is -0.343 e. The fourth-order valence-electron chi connectivity index (χ4n) is 1.94. The zero-order valence-electron chi connectivity index (χ0n) is 9.03. The molecule has 1 heterocycles. The lowest BCUT2D eigenvalue weighted by molar-refractivity contribution is 0.804. The van der Waals surface area contributed by atoms with Gasteiger partial charge in [0.15, 0.2) is 0 Å². The minimum atomic E-state index is 0.865. The highest BCUT2D eigenvalue weighted by Gasteiger charge is 2.05. The number of aromatic nitrogens is 1. The van der Waals surface area contributed by atoms with E-state index < -0.39 is 0 Å². The van der Waals surface area contributed by atoms with Crippen molar-refractivity contribution in [2.75, 3.05) is 7.05 Å². The van der Waals surface area contributed by atoms with Crippen molar-refractivity contribution in [3.8, 4) is 0 Å². The summed E-state index contributed by atoms with van der Waals surface area (Å²) in [7, 11) is 1.97. The molecule has 0 aliphatic rings. The van der Waals surface area contributed by atoms with Crippen LogP contribution in [0.5, 0.6) is 0 Å². The molecule has 0 bridgehead atoms. The van der Waals surface area contributed by atoms with Gasteiger partial charge in [0.1, 0.15) is 0 Å². The van der Waals surface area contributed by atoms with Crippen molar-refractivity contribution in [2.24, 2.45) is 0 Å². The van der Waals surface area contributed by atoms with Crippen LogP contribution in [-0.4, -0.2) is 11.6 Å². The smallest absolute Gasteiger partial charge is 0.0486 e. The molecule has 1 aromatic carbocycles. The maximum absolute atomic E-state index is 3.78. The summed E-state index contributed by atoms with van der Waals surface area (Å²) in [6, 6.07) is 8.48. The third-order valence-electron chi connectivity index (χ3n) is 2.56. The van der Waals surface area contributed by atoms with Gasteiger partial charge in [-0.2, -0.15) is 0 Å². The topological polar surface area (TPSA) is 17.0 Å². The summed E-state index contributed by atoms with van der Waals surface area (Å²) in [5.74, 6) is 0. The van der Waals surface area contributed by atoms with Crippen LogP contribution < -0.4 is 5.32 Å². The molecule has 0 saturated carbocycles. The monoisotopic (exact) mass is 200 g/mol. The number of fused-ring (bicyclic) bond motifs is 1. The maximum atomic E-state index is 3.78. The second kappa shape index (κ2) is 4.32. The lowest BCUT2D eigenvalue weighted by Gasteiger charge is -1.99. The second-order valence-corrected chi connectivity index (χ2v) is 3.64. The zero-order chi connectivity index (χ0) is 10.7. The highest BCUT2D eigenvalue weighted by molar-refractivity contribution is 5.83. The van der Waals surface area contributed by atoms with Gasteiger partial charge >= 0.3 is 0 Å². The van der Waals surface area contributed by atoms with Gasteiger partial charge in [0, 0.05) is 30.2 Å². The molecular weight excluding hydrogens is 184 g/mol. The van der Waals surface area contributed by atoms with E-state index in [0.717, 1.165) is 13.1 Å². The van der Waals surface area contributed by atoms with Crippen LogP contribution in [0.3, 0.4) is 0 Å². The van der Waals surface area contributed by atoms with E-state index in [1.54, 1.807) is 0 Å². The fourth-order valence-corrected chi connectivity index (χ4v) is 1.94. The van der Waals surface area contributed by atoms with Crippen molar-refractivity contribution in [1.29, 1.82) is 0 Å². The summed E-state index contributed by atoms with van der Waals surface area (Å²) in [5.41, 5.74) is 2.62. The number of rotatable bonds is 4. The molecule has 2 rings (SSSR count). The lowest BCUT2D eigenvalue weighted by atomic mass is 10.2. The molecule has 2 nitrogen and oxygen atoms in total. The molecular formula is C13H16N2. The van der Waals surface area contributed by atoms with Gasteiger partial charge in [0.05, 0.1) is 0 Å². The molecule has 0 aliphatic heterocycles. The van der Waals surface area contributed by atoms with Crippen molar-refractivity contribution in [3.63, 3.8) is 0 Å². The predicted molar refractivity (Wildman–Crippen MR) is 64.9 cm³/mol. The van der Waals surface area contributed by atoms with Gasteiger partial charge in [-0.1, -0.05) is 24.3 Å².